The minimum atomic E-state index is -3.62. The van der Waals surface area contributed by atoms with E-state index >= 15 is 0 Å². The van der Waals surface area contributed by atoms with Gasteiger partial charge in [-0.2, -0.15) is 4.31 Å². The molecule has 0 unspecified atom stereocenters. The van der Waals surface area contributed by atoms with Crippen LogP contribution in [0.2, 0.25) is 0 Å². The van der Waals surface area contributed by atoms with E-state index < -0.39 is 19.9 Å². The van der Waals surface area contributed by atoms with Crippen molar-refractivity contribution in [2.75, 3.05) is 42.7 Å². The van der Waals surface area contributed by atoms with E-state index in [4.69, 9.17) is 4.74 Å². The van der Waals surface area contributed by atoms with Crippen LogP contribution in [0.5, 0.6) is 0 Å². The molecule has 0 bridgehead atoms. The number of hydrogen-bond acceptors (Lipinski definition) is 9. The standard InChI is InChI=1S/C22H25N5O5S2/c1-2-33(28,29)19-7-3-5-17(13-19)25-21-15-22(24-16-23-21)26-18-6-4-8-20(14-18)34(30,31)27-9-11-32-12-10-27/h3-8,13-16H,2,9-12H2,1H3,(H2,23,24,25,26). The molecule has 0 amide bonds. The number of rotatable bonds is 8. The summed E-state index contributed by atoms with van der Waals surface area (Å²) in [6.45, 7) is 2.99. The van der Waals surface area contributed by atoms with Gasteiger partial charge in [0.15, 0.2) is 9.84 Å². The second kappa shape index (κ2) is 10.1. The first-order chi connectivity index (χ1) is 16.3. The maximum atomic E-state index is 12.9. The van der Waals surface area contributed by atoms with Crippen molar-refractivity contribution in [3.05, 3.63) is 60.9 Å². The minimum absolute atomic E-state index is 0.0123. The number of nitrogens with zero attached hydrogens (tertiary/aromatic N) is 3. The molecule has 34 heavy (non-hydrogen) atoms. The zero-order chi connectivity index (χ0) is 24.2. The molecule has 180 valence electrons. The molecule has 1 aliphatic rings. The summed E-state index contributed by atoms with van der Waals surface area (Å²) >= 11 is 0. The molecule has 4 rings (SSSR count). The molecule has 2 N–H and O–H groups in total. The van der Waals surface area contributed by atoms with E-state index in [0.29, 0.717) is 49.3 Å². The van der Waals surface area contributed by atoms with Crippen molar-refractivity contribution in [2.24, 2.45) is 0 Å². The van der Waals surface area contributed by atoms with Crippen molar-refractivity contribution in [1.29, 1.82) is 0 Å². The number of anilines is 4. The summed E-state index contributed by atoms with van der Waals surface area (Å²) in [6.07, 6.45) is 1.35. The first-order valence-electron chi connectivity index (χ1n) is 10.6. The highest BCUT2D eigenvalue weighted by molar-refractivity contribution is 7.91. The lowest BCUT2D eigenvalue weighted by Crippen LogP contribution is -2.40. The van der Waals surface area contributed by atoms with Crippen molar-refractivity contribution in [3.8, 4) is 0 Å². The highest BCUT2D eigenvalue weighted by atomic mass is 32.2. The third-order valence-corrected chi connectivity index (χ3v) is 8.85. The second-order valence-electron chi connectivity index (χ2n) is 7.51. The summed E-state index contributed by atoms with van der Waals surface area (Å²) < 4.78 is 56.8. The predicted molar refractivity (Wildman–Crippen MR) is 129 cm³/mol. The van der Waals surface area contributed by atoms with Crippen LogP contribution in [0.3, 0.4) is 0 Å². The van der Waals surface area contributed by atoms with Gasteiger partial charge in [0.2, 0.25) is 10.0 Å². The number of sulfone groups is 1. The van der Waals surface area contributed by atoms with E-state index in [9.17, 15) is 16.8 Å². The van der Waals surface area contributed by atoms with E-state index in [1.165, 1.54) is 10.6 Å². The predicted octanol–water partition coefficient (Wildman–Crippen LogP) is 2.78. The van der Waals surface area contributed by atoms with Crippen LogP contribution in [0.15, 0.2) is 70.7 Å². The van der Waals surface area contributed by atoms with Crippen molar-refractivity contribution in [3.63, 3.8) is 0 Å². The lowest BCUT2D eigenvalue weighted by molar-refractivity contribution is 0.0730. The quantitative estimate of drug-likeness (QED) is 0.476. The summed E-state index contributed by atoms with van der Waals surface area (Å²) in [7, 11) is -6.96. The Kier molecular flexibility index (Phi) is 7.12. The fraction of sp³-hybridized carbons (Fsp3) is 0.273. The Morgan fingerprint density at radius 3 is 2.00 bits per heavy atom. The van der Waals surface area contributed by atoms with Gasteiger partial charge < -0.3 is 15.4 Å². The van der Waals surface area contributed by atoms with Crippen molar-refractivity contribution in [1.82, 2.24) is 14.3 Å². The summed E-state index contributed by atoms with van der Waals surface area (Å²) in [5, 5.41) is 6.17. The minimum Gasteiger partial charge on any atom is -0.379 e. The molecule has 0 radical (unpaired) electrons. The summed E-state index contributed by atoms with van der Waals surface area (Å²) in [4.78, 5) is 8.78. The fourth-order valence-electron chi connectivity index (χ4n) is 3.39. The second-order valence-corrected chi connectivity index (χ2v) is 11.7. The Hall–Kier alpha value is -3.06. The van der Waals surface area contributed by atoms with Crippen LogP contribution in [-0.2, 0) is 24.6 Å². The van der Waals surface area contributed by atoms with Gasteiger partial charge >= 0.3 is 0 Å². The molecule has 1 saturated heterocycles. The lowest BCUT2D eigenvalue weighted by Gasteiger charge is -2.26. The van der Waals surface area contributed by atoms with Gasteiger partial charge in [-0.3, -0.25) is 0 Å². The molecule has 2 heterocycles. The molecule has 1 aliphatic heterocycles. The first-order valence-corrected chi connectivity index (χ1v) is 13.7. The smallest absolute Gasteiger partial charge is 0.243 e. The number of sulfonamides is 1. The van der Waals surface area contributed by atoms with E-state index in [1.807, 2.05) is 0 Å². The van der Waals surface area contributed by atoms with E-state index in [1.54, 1.807) is 61.5 Å². The molecule has 10 nitrogen and oxygen atoms in total. The normalized spacial score (nSPS) is 15.1. The maximum absolute atomic E-state index is 12.9. The van der Waals surface area contributed by atoms with Crippen LogP contribution in [0.25, 0.3) is 0 Å². The average Bonchev–Trinajstić information content (AvgIpc) is 2.85. The highest BCUT2D eigenvalue weighted by Gasteiger charge is 2.26. The molecule has 0 atom stereocenters. The molecular formula is C22H25N5O5S2. The number of aromatic nitrogens is 2. The Bertz CT molecular complexity index is 1370. The Morgan fingerprint density at radius 2 is 1.41 bits per heavy atom. The largest absolute Gasteiger partial charge is 0.379 e. The van der Waals surface area contributed by atoms with Gasteiger partial charge in [-0.25, -0.2) is 26.8 Å². The molecule has 12 heteroatoms. The molecule has 2 aromatic carbocycles. The molecule has 0 spiro atoms. The molecule has 0 saturated carbocycles. The van der Waals surface area contributed by atoms with Gasteiger partial charge in [0.05, 0.1) is 28.8 Å². The van der Waals surface area contributed by atoms with Gasteiger partial charge in [-0.15, -0.1) is 0 Å². The zero-order valence-corrected chi connectivity index (χ0v) is 20.1. The monoisotopic (exact) mass is 503 g/mol. The fourth-order valence-corrected chi connectivity index (χ4v) is 5.77. The third kappa shape index (κ3) is 5.53. The average molecular weight is 504 g/mol. The lowest BCUT2D eigenvalue weighted by atomic mass is 10.3. The molecule has 3 aromatic rings. The van der Waals surface area contributed by atoms with Crippen molar-refractivity contribution in [2.45, 2.75) is 16.7 Å². The SMILES string of the molecule is CCS(=O)(=O)c1cccc(Nc2cc(Nc3cccc(S(=O)(=O)N4CCOCC4)c3)ncn2)c1. The number of ether oxygens (including phenoxy) is 1. The Morgan fingerprint density at radius 1 is 0.853 bits per heavy atom. The van der Waals surface area contributed by atoms with E-state index in [2.05, 4.69) is 20.6 Å². The number of morpholine rings is 1. The maximum Gasteiger partial charge on any atom is 0.243 e. The molecular weight excluding hydrogens is 478 g/mol. The van der Waals surface area contributed by atoms with Crippen LogP contribution in [0.4, 0.5) is 23.0 Å². The first kappa shape index (κ1) is 24.1. The van der Waals surface area contributed by atoms with Crippen LogP contribution in [0, 0.1) is 0 Å². The van der Waals surface area contributed by atoms with Crippen LogP contribution in [-0.4, -0.2) is 63.2 Å². The van der Waals surface area contributed by atoms with Crippen molar-refractivity contribution >= 4 is 42.9 Å². The summed E-state index contributed by atoms with van der Waals surface area (Å²) in [5.74, 6) is 0.898. The van der Waals surface area contributed by atoms with E-state index in [0.717, 1.165) is 0 Å². The topological polar surface area (TPSA) is 131 Å². The molecule has 1 aromatic heterocycles. The zero-order valence-electron chi connectivity index (χ0n) is 18.5. The van der Waals surface area contributed by atoms with Crippen LogP contribution >= 0.6 is 0 Å². The Balaban J connectivity index is 1.51. The molecule has 0 aliphatic carbocycles. The summed E-state index contributed by atoms with van der Waals surface area (Å²) in [5.41, 5.74) is 1.12. The summed E-state index contributed by atoms with van der Waals surface area (Å²) in [6, 6.07) is 14.7. The highest BCUT2D eigenvalue weighted by Crippen LogP contribution is 2.24. The number of benzene rings is 2. The third-order valence-electron chi connectivity index (χ3n) is 5.23. The number of hydrogen-bond donors (Lipinski definition) is 2. The number of nitrogens with one attached hydrogen (secondary N) is 2. The van der Waals surface area contributed by atoms with Gasteiger partial charge in [0.1, 0.15) is 18.0 Å². The van der Waals surface area contributed by atoms with Gasteiger partial charge in [-0.1, -0.05) is 19.1 Å². The van der Waals surface area contributed by atoms with Crippen molar-refractivity contribution < 1.29 is 21.6 Å². The van der Waals surface area contributed by atoms with Gasteiger partial charge in [-0.05, 0) is 36.4 Å². The Labute approximate surface area is 199 Å². The van der Waals surface area contributed by atoms with Crippen LogP contribution in [0.1, 0.15) is 6.92 Å². The van der Waals surface area contributed by atoms with Gasteiger partial charge in [0, 0.05) is 30.5 Å². The van der Waals surface area contributed by atoms with E-state index in [-0.39, 0.29) is 15.5 Å². The van der Waals surface area contributed by atoms with Crippen LogP contribution < -0.4 is 10.6 Å². The molecule has 1 fully saturated rings. The van der Waals surface area contributed by atoms with Gasteiger partial charge in [0.25, 0.3) is 0 Å².